The van der Waals surface area contributed by atoms with Crippen LogP contribution in [0.15, 0.2) is 29.3 Å². The van der Waals surface area contributed by atoms with Gasteiger partial charge in [-0.15, -0.1) is 0 Å². The Morgan fingerprint density at radius 1 is 1.19 bits per heavy atom. The predicted octanol–water partition coefficient (Wildman–Crippen LogP) is 2.77. The number of imidazole rings is 1. The lowest BCUT2D eigenvalue weighted by molar-refractivity contribution is 0.159. The third kappa shape index (κ3) is 5.22. The minimum absolute atomic E-state index is 0.740. The molecule has 6 nitrogen and oxygen atoms in total. The van der Waals surface area contributed by atoms with E-state index in [4.69, 9.17) is 0 Å². The van der Waals surface area contributed by atoms with Crippen molar-refractivity contribution < 1.29 is 0 Å². The summed E-state index contributed by atoms with van der Waals surface area (Å²) >= 11 is 0. The van der Waals surface area contributed by atoms with Crippen LogP contribution >= 0.6 is 0 Å². The minimum Gasteiger partial charge on any atom is -0.356 e. The van der Waals surface area contributed by atoms with Crippen molar-refractivity contribution in [3.8, 4) is 0 Å². The van der Waals surface area contributed by atoms with Crippen molar-refractivity contribution in [1.82, 2.24) is 25.1 Å². The lowest BCUT2D eigenvalue weighted by Gasteiger charge is -2.33. The van der Waals surface area contributed by atoms with Crippen LogP contribution in [0.2, 0.25) is 0 Å². The van der Waals surface area contributed by atoms with Crippen LogP contribution in [0, 0.1) is 6.92 Å². The quantitative estimate of drug-likeness (QED) is 0.447. The normalized spacial score (nSPS) is 18.8. The van der Waals surface area contributed by atoms with Crippen molar-refractivity contribution in [1.29, 1.82) is 0 Å². The highest BCUT2D eigenvalue weighted by atomic mass is 15.2. The first-order valence-corrected chi connectivity index (χ1v) is 10.3. The van der Waals surface area contributed by atoms with Gasteiger partial charge in [-0.2, -0.15) is 0 Å². The van der Waals surface area contributed by atoms with E-state index in [0.717, 1.165) is 49.4 Å². The van der Waals surface area contributed by atoms with Crippen LogP contribution in [0.5, 0.6) is 0 Å². The molecule has 0 saturated carbocycles. The van der Waals surface area contributed by atoms with Crippen molar-refractivity contribution >= 4 is 17.0 Å². The number of aromatic nitrogens is 2. The van der Waals surface area contributed by atoms with Crippen LogP contribution in [-0.2, 0) is 6.54 Å². The summed E-state index contributed by atoms with van der Waals surface area (Å²) < 4.78 is 2.26. The number of para-hydroxylation sites is 2. The molecule has 1 unspecified atom stereocenters. The van der Waals surface area contributed by atoms with E-state index < -0.39 is 0 Å². The molecule has 3 rings (SSSR count). The number of piperidine rings is 1. The van der Waals surface area contributed by atoms with Gasteiger partial charge < -0.3 is 20.1 Å². The van der Waals surface area contributed by atoms with Gasteiger partial charge in [0.2, 0.25) is 0 Å². The first-order chi connectivity index (χ1) is 13.2. The summed E-state index contributed by atoms with van der Waals surface area (Å²) in [4.78, 5) is 11.6. The maximum absolute atomic E-state index is 4.63. The van der Waals surface area contributed by atoms with E-state index >= 15 is 0 Å². The Morgan fingerprint density at radius 2 is 2.00 bits per heavy atom. The van der Waals surface area contributed by atoms with Gasteiger partial charge in [-0.3, -0.25) is 4.99 Å². The van der Waals surface area contributed by atoms with E-state index in [9.17, 15) is 0 Å². The van der Waals surface area contributed by atoms with Gasteiger partial charge in [0.25, 0.3) is 0 Å². The van der Waals surface area contributed by atoms with E-state index in [1.807, 2.05) is 13.1 Å². The summed E-state index contributed by atoms with van der Waals surface area (Å²) in [5.41, 5.74) is 2.25. The Morgan fingerprint density at radius 3 is 2.81 bits per heavy atom. The van der Waals surface area contributed by atoms with Gasteiger partial charge in [0.15, 0.2) is 5.96 Å². The SMILES string of the molecule is CN=C(NCCCN1CCCCC1C)NCCn1c(C)nc2ccccc21. The van der Waals surface area contributed by atoms with Gasteiger partial charge in [-0.05, 0) is 51.8 Å². The molecule has 27 heavy (non-hydrogen) atoms. The van der Waals surface area contributed by atoms with Crippen LogP contribution in [0.3, 0.4) is 0 Å². The molecule has 0 aliphatic carbocycles. The highest BCUT2D eigenvalue weighted by Gasteiger charge is 2.17. The molecule has 2 N–H and O–H groups in total. The molecular weight excluding hydrogens is 336 g/mol. The molecule has 1 fully saturated rings. The fraction of sp³-hybridized carbons (Fsp3) is 0.619. The number of aryl methyl sites for hydroxylation is 1. The molecule has 2 heterocycles. The van der Waals surface area contributed by atoms with Gasteiger partial charge in [0.05, 0.1) is 11.0 Å². The number of rotatable bonds is 7. The van der Waals surface area contributed by atoms with E-state index in [1.165, 1.54) is 37.9 Å². The summed E-state index contributed by atoms with van der Waals surface area (Å²) in [5.74, 6) is 1.93. The smallest absolute Gasteiger partial charge is 0.191 e. The topological polar surface area (TPSA) is 57.5 Å². The second-order valence-corrected chi connectivity index (χ2v) is 7.46. The van der Waals surface area contributed by atoms with Crippen LogP contribution < -0.4 is 10.6 Å². The Bertz CT molecular complexity index is 750. The summed E-state index contributed by atoms with van der Waals surface area (Å²) in [6.45, 7) is 9.50. The highest BCUT2D eigenvalue weighted by Crippen LogP contribution is 2.16. The molecule has 0 radical (unpaired) electrons. The van der Waals surface area contributed by atoms with Crippen molar-refractivity contribution in [2.24, 2.45) is 4.99 Å². The molecule has 1 aromatic heterocycles. The van der Waals surface area contributed by atoms with E-state index in [0.29, 0.717) is 0 Å². The fourth-order valence-electron chi connectivity index (χ4n) is 3.96. The first-order valence-electron chi connectivity index (χ1n) is 10.3. The Balaban J connectivity index is 1.39. The van der Waals surface area contributed by atoms with Gasteiger partial charge in [-0.25, -0.2) is 4.98 Å². The first kappa shape index (κ1) is 19.7. The second-order valence-electron chi connectivity index (χ2n) is 7.46. The van der Waals surface area contributed by atoms with Crippen molar-refractivity contribution in [2.45, 2.75) is 52.1 Å². The average molecular weight is 371 g/mol. The van der Waals surface area contributed by atoms with E-state index in [2.05, 4.69) is 62.1 Å². The summed E-state index contributed by atoms with van der Waals surface area (Å²) in [7, 11) is 1.83. The number of likely N-dealkylation sites (tertiary alicyclic amines) is 1. The van der Waals surface area contributed by atoms with Gasteiger partial charge >= 0.3 is 0 Å². The molecule has 1 aromatic carbocycles. The number of nitrogens with zero attached hydrogens (tertiary/aromatic N) is 4. The Kier molecular flexibility index (Phi) is 7.10. The molecule has 6 heteroatoms. The summed E-state index contributed by atoms with van der Waals surface area (Å²) in [6.07, 6.45) is 5.23. The Hall–Kier alpha value is -2.08. The molecule has 0 spiro atoms. The van der Waals surface area contributed by atoms with E-state index in [-0.39, 0.29) is 0 Å². The summed E-state index contributed by atoms with van der Waals surface area (Å²) in [5, 5.41) is 6.87. The number of fused-ring (bicyclic) bond motifs is 1. The summed E-state index contributed by atoms with van der Waals surface area (Å²) in [6, 6.07) is 9.04. The minimum atomic E-state index is 0.740. The maximum atomic E-state index is 4.63. The molecule has 1 saturated heterocycles. The molecule has 0 amide bonds. The number of aliphatic imine (C=N–C) groups is 1. The number of hydrogen-bond acceptors (Lipinski definition) is 3. The maximum Gasteiger partial charge on any atom is 0.191 e. The zero-order chi connectivity index (χ0) is 19.1. The zero-order valence-corrected chi connectivity index (χ0v) is 17.0. The fourth-order valence-corrected chi connectivity index (χ4v) is 3.96. The standard InChI is InChI=1S/C21H34N6/c1-17-9-6-7-14-26(17)15-8-12-23-21(22-3)24-13-16-27-18(2)25-19-10-4-5-11-20(19)27/h4-5,10-11,17H,6-9,12-16H2,1-3H3,(H2,22,23,24). The molecule has 1 aliphatic heterocycles. The van der Waals surface area contributed by atoms with Gasteiger partial charge in [0.1, 0.15) is 5.82 Å². The number of hydrogen-bond donors (Lipinski definition) is 2. The van der Waals surface area contributed by atoms with Gasteiger partial charge in [-0.1, -0.05) is 18.6 Å². The number of benzene rings is 1. The largest absolute Gasteiger partial charge is 0.356 e. The third-order valence-corrected chi connectivity index (χ3v) is 5.55. The average Bonchev–Trinajstić information content (AvgIpc) is 3.00. The van der Waals surface area contributed by atoms with Crippen LogP contribution in [-0.4, -0.2) is 59.7 Å². The predicted molar refractivity (Wildman–Crippen MR) is 113 cm³/mol. The molecule has 2 aromatic rings. The Labute approximate surface area is 163 Å². The number of guanidine groups is 1. The molecule has 148 valence electrons. The van der Waals surface area contributed by atoms with Crippen LogP contribution in [0.1, 0.15) is 38.4 Å². The van der Waals surface area contributed by atoms with Crippen molar-refractivity contribution in [2.75, 3.05) is 33.2 Å². The number of nitrogens with one attached hydrogen (secondary N) is 2. The van der Waals surface area contributed by atoms with E-state index in [1.54, 1.807) is 0 Å². The molecule has 1 atom stereocenters. The van der Waals surface area contributed by atoms with Gasteiger partial charge in [0, 0.05) is 39.3 Å². The molecular formula is C21H34N6. The lowest BCUT2D eigenvalue weighted by atomic mass is 10.0. The molecule has 0 bridgehead atoms. The van der Waals surface area contributed by atoms with Crippen LogP contribution in [0.25, 0.3) is 11.0 Å². The van der Waals surface area contributed by atoms with Crippen molar-refractivity contribution in [3.05, 3.63) is 30.1 Å². The molecule has 1 aliphatic rings. The monoisotopic (exact) mass is 370 g/mol. The third-order valence-electron chi connectivity index (χ3n) is 5.55. The highest BCUT2D eigenvalue weighted by molar-refractivity contribution is 5.79. The van der Waals surface area contributed by atoms with Crippen LogP contribution in [0.4, 0.5) is 0 Å². The zero-order valence-electron chi connectivity index (χ0n) is 17.0. The lowest BCUT2D eigenvalue weighted by Crippen LogP contribution is -2.42. The second kappa shape index (κ2) is 9.74. The van der Waals surface area contributed by atoms with Crippen molar-refractivity contribution in [3.63, 3.8) is 0 Å².